The molecular formula is C26H23Cl2F2N3O3. The van der Waals surface area contributed by atoms with Crippen LogP contribution in [0.2, 0.25) is 10.0 Å². The monoisotopic (exact) mass is 533 g/mol. The minimum absolute atomic E-state index is 0.0203. The third kappa shape index (κ3) is 4.89. The fourth-order valence-electron chi connectivity index (χ4n) is 4.26. The number of hydrogen-bond acceptors (Lipinski definition) is 4. The number of primary amides is 1. The normalized spacial score (nSPS) is 17.3. The maximum absolute atomic E-state index is 14.6. The predicted octanol–water partition coefficient (Wildman–Crippen LogP) is 5.35. The minimum Gasteiger partial charge on any atom is -0.377 e. The van der Waals surface area contributed by atoms with E-state index >= 15 is 0 Å². The van der Waals surface area contributed by atoms with Crippen LogP contribution in [0, 0.1) is 5.82 Å². The zero-order valence-corrected chi connectivity index (χ0v) is 21.0. The third-order valence-electron chi connectivity index (χ3n) is 6.22. The van der Waals surface area contributed by atoms with E-state index in [-0.39, 0.29) is 29.2 Å². The smallest absolute Gasteiger partial charge is 0.262 e. The zero-order valence-electron chi connectivity index (χ0n) is 19.5. The van der Waals surface area contributed by atoms with Crippen LogP contribution in [0.1, 0.15) is 20.7 Å². The Bertz CT molecular complexity index is 1320. The highest BCUT2D eigenvalue weighted by Crippen LogP contribution is 2.39. The van der Waals surface area contributed by atoms with Crippen LogP contribution in [0.15, 0.2) is 54.6 Å². The Kier molecular flexibility index (Phi) is 7.49. The van der Waals surface area contributed by atoms with Crippen molar-refractivity contribution in [2.75, 3.05) is 37.0 Å². The van der Waals surface area contributed by atoms with Gasteiger partial charge in [-0.25, -0.2) is 8.78 Å². The summed E-state index contributed by atoms with van der Waals surface area (Å²) in [7, 11) is 2.92. The lowest BCUT2D eigenvalue weighted by atomic mass is 10.0. The lowest BCUT2D eigenvalue weighted by Gasteiger charge is -2.28. The topological polar surface area (TPSA) is 75.9 Å². The van der Waals surface area contributed by atoms with Crippen LogP contribution in [-0.2, 0) is 4.74 Å². The maximum atomic E-state index is 14.6. The van der Waals surface area contributed by atoms with Crippen LogP contribution in [0.3, 0.4) is 0 Å². The van der Waals surface area contributed by atoms with Crippen molar-refractivity contribution in [3.8, 4) is 11.1 Å². The van der Waals surface area contributed by atoms with Gasteiger partial charge in [0.05, 0.1) is 28.5 Å². The molecule has 0 spiro atoms. The van der Waals surface area contributed by atoms with Crippen molar-refractivity contribution in [1.82, 2.24) is 0 Å². The average Bonchev–Trinajstić information content (AvgIpc) is 3.23. The number of hydrogen-bond donors (Lipinski definition) is 1. The maximum Gasteiger partial charge on any atom is 0.262 e. The van der Waals surface area contributed by atoms with Crippen molar-refractivity contribution in [2.45, 2.75) is 12.3 Å². The van der Waals surface area contributed by atoms with Crippen molar-refractivity contribution in [2.24, 2.45) is 5.73 Å². The van der Waals surface area contributed by atoms with E-state index in [0.29, 0.717) is 27.5 Å². The van der Waals surface area contributed by atoms with Crippen LogP contribution in [0.5, 0.6) is 0 Å². The summed E-state index contributed by atoms with van der Waals surface area (Å²) in [6, 6.07) is 13.7. The first-order chi connectivity index (χ1) is 17.1. The Morgan fingerprint density at radius 3 is 2.47 bits per heavy atom. The Labute approximate surface area is 217 Å². The van der Waals surface area contributed by atoms with Crippen molar-refractivity contribution in [3.63, 3.8) is 0 Å². The molecule has 1 fully saturated rings. The SMILES string of the molecule is COC1CN(c2cc(-c3cc(C(N)=O)ccc3Cl)ccc2N(C)C(=O)c2c(F)cccc2Cl)CC1F. The van der Waals surface area contributed by atoms with Gasteiger partial charge in [-0.05, 0) is 48.0 Å². The molecule has 0 saturated carbocycles. The number of nitrogens with two attached hydrogens (primary N) is 1. The first-order valence-corrected chi connectivity index (χ1v) is 11.8. The second kappa shape index (κ2) is 10.4. The first-order valence-electron chi connectivity index (χ1n) is 11.0. The molecule has 36 heavy (non-hydrogen) atoms. The Hall–Kier alpha value is -3.20. The van der Waals surface area contributed by atoms with Gasteiger partial charge in [0, 0.05) is 36.9 Å². The molecule has 0 aliphatic carbocycles. The number of anilines is 2. The molecule has 4 rings (SSSR count). The molecule has 2 unspecified atom stereocenters. The molecule has 1 aliphatic heterocycles. The highest BCUT2D eigenvalue weighted by atomic mass is 35.5. The van der Waals surface area contributed by atoms with Gasteiger partial charge >= 0.3 is 0 Å². The van der Waals surface area contributed by atoms with E-state index in [9.17, 15) is 18.4 Å². The van der Waals surface area contributed by atoms with Gasteiger partial charge in [-0.1, -0.05) is 35.3 Å². The molecule has 2 N–H and O–H groups in total. The molecule has 1 saturated heterocycles. The second-order valence-corrected chi connectivity index (χ2v) is 9.23. The Morgan fingerprint density at radius 1 is 1.08 bits per heavy atom. The van der Waals surface area contributed by atoms with Crippen LogP contribution in [0.4, 0.5) is 20.2 Å². The van der Waals surface area contributed by atoms with Gasteiger partial charge in [0.15, 0.2) is 0 Å². The summed E-state index contributed by atoms with van der Waals surface area (Å²) in [5.74, 6) is -2.03. The third-order valence-corrected chi connectivity index (χ3v) is 6.87. The van der Waals surface area contributed by atoms with Gasteiger partial charge in [0.25, 0.3) is 5.91 Å². The van der Waals surface area contributed by atoms with E-state index in [1.807, 2.05) is 0 Å². The lowest BCUT2D eigenvalue weighted by Crippen LogP contribution is -2.31. The van der Waals surface area contributed by atoms with E-state index in [1.54, 1.807) is 35.2 Å². The van der Waals surface area contributed by atoms with E-state index in [2.05, 4.69) is 0 Å². The van der Waals surface area contributed by atoms with Crippen LogP contribution in [-0.4, -0.2) is 51.3 Å². The largest absolute Gasteiger partial charge is 0.377 e. The number of ether oxygens (including phenoxy) is 1. The molecule has 3 aromatic carbocycles. The molecular weight excluding hydrogens is 511 g/mol. The van der Waals surface area contributed by atoms with Gasteiger partial charge in [-0.2, -0.15) is 0 Å². The number of carbonyl (C=O) groups excluding carboxylic acids is 2. The number of amides is 2. The van der Waals surface area contributed by atoms with Gasteiger partial charge in [-0.15, -0.1) is 0 Å². The van der Waals surface area contributed by atoms with E-state index < -0.39 is 29.9 Å². The molecule has 3 aromatic rings. The number of alkyl halides is 1. The first kappa shape index (κ1) is 25.9. The minimum atomic E-state index is -1.25. The highest BCUT2D eigenvalue weighted by Gasteiger charge is 2.35. The Morgan fingerprint density at radius 2 is 1.83 bits per heavy atom. The van der Waals surface area contributed by atoms with Crippen LogP contribution in [0.25, 0.3) is 11.1 Å². The van der Waals surface area contributed by atoms with E-state index in [1.165, 1.54) is 37.3 Å². The molecule has 0 radical (unpaired) electrons. The number of nitrogens with zero attached hydrogens (tertiary/aromatic N) is 2. The summed E-state index contributed by atoms with van der Waals surface area (Å²) in [4.78, 5) is 28.0. The number of carbonyl (C=O) groups is 2. The number of methoxy groups -OCH3 is 1. The fraction of sp³-hybridized carbons (Fsp3) is 0.231. The van der Waals surface area contributed by atoms with Crippen LogP contribution >= 0.6 is 23.2 Å². The molecule has 10 heteroatoms. The van der Waals surface area contributed by atoms with E-state index in [0.717, 1.165) is 6.07 Å². The quantitative estimate of drug-likeness (QED) is 0.463. The molecule has 1 aliphatic rings. The van der Waals surface area contributed by atoms with Gasteiger partial charge < -0.3 is 20.3 Å². The molecule has 0 bridgehead atoms. The number of benzene rings is 3. The summed E-state index contributed by atoms with van der Waals surface area (Å²) >= 11 is 12.5. The fourth-order valence-corrected chi connectivity index (χ4v) is 4.73. The summed E-state index contributed by atoms with van der Waals surface area (Å²) in [5, 5.41) is 0.352. The van der Waals surface area contributed by atoms with Crippen molar-refractivity contribution >= 4 is 46.4 Å². The molecule has 2 amide bonds. The van der Waals surface area contributed by atoms with Crippen molar-refractivity contribution < 1.29 is 23.1 Å². The van der Waals surface area contributed by atoms with Crippen molar-refractivity contribution in [1.29, 1.82) is 0 Å². The predicted molar refractivity (Wildman–Crippen MR) is 137 cm³/mol. The Balaban J connectivity index is 1.83. The summed E-state index contributed by atoms with van der Waals surface area (Å²) in [6.07, 6.45) is -1.92. The van der Waals surface area contributed by atoms with Crippen molar-refractivity contribution in [3.05, 3.63) is 81.6 Å². The lowest BCUT2D eigenvalue weighted by molar-refractivity contribution is 0.0650. The molecule has 2 atom stereocenters. The number of halogens is 4. The zero-order chi connectivity index (χ0) is 26.1. The van der Waals surface area contributed by atoms with Gasteiger partial charge in [0.1, 0.15) is 18.1 Å². The summed E-state index contributed by atoms with van der Waals surface area (Å²) in [6.45, 7) is 0.248. The number of rotatable bonds is 6. The van der Waals surface area contributed by atoms with E-state index in [4.69, 9.17) is 33.7 Å². The highest BCUT2D eigenvalue weighted by molar-refractivity contribution is 6.35. The second-order valence-electron chi connectivity index (χ2n) is 8.42. The molecule has 6 nitrogen and oxygen atoms in total. The molecule has 1 heterocycles. The summed E-state index contributed by atoms with van der Waals surface area (Å²) in [5.41, 5.74) is 7.47. The van der Waals surface area contributed by atoms with Gasteiger partial charge in [0.2, 0.25) is 5.91 Å². The van der Waals surface area contributed by atoms with Gasteiger partial charge in [-0.3, -0.25) is 9.59 Å². The molecule has 188 valence electrons. The standard InChI is InChI=1S/C26H23Cl2F2N3O3/c1-32(26(35)24-18(28)4-3-5-19(24)29)21-9-7-14(16-10-15(25(31)34)6-8-17(16)27)11-22(21)33-12-20(30)23(13-33)36-2/h3-11,20,23H,12-13H2,1-2H3,(H2,31,34). The average molecular weight is 534 g/mol. The van der Waals surface area contributed by atoms with Crippen LogP contribution < -0.4 is 15.5 Å². The summed E-state index contributed by atoms with van der Waals surface area (Å²) < 4.78 is 34.4. The molecule has 0 aromatic heterocycles.